The number of esters is 1. The number of carbonyl (C=O) groups is 1. The molecule has 2 heterocycles. The second-order valence-corrected chi connectivity index (χ2v) is 9.52. The smallest absolute Gasteiger partial charge is 0.307 e. The Morgan fingerprint density at radius 3 is 2.48 bits per heavy atom. The highest BCUT2D eigenvalue weighted by Gasteiger charge is 2.39. The fraction of sp³-hybridized carbons (Fsp3) is 0.450. The molecule has 158 valence electrons. The van der Waals surface area contributed by atoms with Crippen molar-refractivity contribution in [2.75, 3.05) is 26.9 Å². The molecule has 3 rings (SSSR count). The minimum atomic E-state index is -3.74. The number of nitrogens with zero attached hydrogens (tertiary/aromatic N) is 1. The normalized spacial score (nSPS) is 16.9. The molecule has 0 aliphatic carbocycles. The zero-order valence-electron chi connectivity index (χ0n) is 16.7. The average Bonchev–Trinajstić information content (AvgIpc) is 3.24. The quantitative estimate of drug-likeness (QED) is 0.587. The van der Waals surface area contributed by atoms with Crippen molar-refractivity contribution in [3.05, 3.63) is 40.8 Å². The predicted molar refractivity (Wildman–Crippen MR) is 110 cm³/mol. The molecule has 0 saturated heterocycles. The molecule has 0 unspecified atom stereocenters. The van der Waals surface area contributed by atoms with Gasteiger partial charge in [-0.25, -0.2) is 8.42 Å². The summed E-state index contributed by atoms with van der Waals surface area (Å²) in [5, 5.41) is 1.72. The monoisotopic (exact) mass is 439 g/mol. The van der Waals surface area contributed by atoms with Crippen molar-refractivity contribution < 1.29 is 27.4 Å². The van der Waals surface area contributed by atoms with Crippen molar-refractivity contribution in [1.29, 1.82) is 0 Å². The average molecular weight is 440 g/mol. The zero-order valence-corrected chi connectivity index (χ0v) is 18.3. The summed E-state index contributed by atoms with van der Waals surface area (Å²) in [6, 6.07) is 6.30. The van der Waals surface area contributed by atoms with Gasteiger partial charge in [-0.1, -0.05) is 6.07 Å². The Bertz CT molecular complexity index is 956. The Morgan fingerprint density at radius 1 is 1.21 bits per heavy atom. The summed E-state index contributed by atoms with van der Waals surface area (Å²) in [7, 11) is -2.44. The number of hydrogen-bond donors (Lipinski definition) is 0. The van der Waals surface area contributed by atoms with Crippen LogP contribution < -0.4 is 9.47 Å². The van der Waals surface area contributed by atoms with Gasteiger partial charge in [-0.15, -0.1) is 11.3 Å². The van der Waals surface area contributed by atoms with Gasteiger partial charge in [0.25, 0.3) is 10.0 Å². The fourth-order valence-electron chi connectivity index (χ4n) is 3.49. The van der Waals surface area contributed by atoms with Gasteiger partial charge in [-0.3, -0.25) is 4.79 Å². The highest BCUT2D eigenvalue weighted by atomic mass is 32.2. The van der Waals surface area contributed by atoms with Gasteiger partial charge >= 0.3 is 5.97 Å². The van der Waals surface area contributed by atoms with Crippen molar-refractivity contribution in [3.8, 4) is 11.5 Å². The van der Waals surface area contributed by atoms with Crippen LogP contribution >= 0.6 is 11.3 Å². The highest BCUT2D eigenvalue weighted by Crippen LogP contribution is 2.42. The van der Waals surface area contributed by atoms with Crippen LogP contribution in [0.1, 0.15) is 37.4 Å². The van der Waals surface area contributed by atoms with Gasteiger partial charge in [0, 0.05) is 6.54 Å². The molecule has 29 heavy (non-hydrogen) atoms. The molecule has 0 radical (unpaired) electrons. The second kappa shape index (κ2) is 9.15. The van der Waals surface area contributed by atoms with Crippen molar-refractivity contribution in [3.63, 3.8) is 0 Å². The van der Waals surface area contributed by atoms with E-state index in [1.54, 1.807) is 23.6 Å². The summed E-state index contributed by atoms with van der Waals surface area (Å²) < 4.78 is 44.4. The lowest BCUT2D eigenvalue weighted by molar-refractivity contribution is -0.141. The molecule has 0 N–H and O–H groups in total. The molecule has 7 nitrogen and oxygen atoms in total. The maximum absolute atomic E-state index is 13.2. The first-order valence-electron chi connectivity index (χ1n) is 9.46. The van der Waals surface area contributed by atoms with Crippen molar-refractivity contribution in [2.24, 2.45) is 0 Å². The minimum Gasteiger partial charge on any atom is -0.490 e. The molecule has 1 aromatic carbocycles. The van der Waals surface area contributed by atoms with E-state index < -0.39 is 22.0 Å². The first kappa shape index (κ1) is 21.6. The van der Waals surface area contributed by atoms with Crippen LogP contribution in [0.25, 0.3) is 0 Å². The number of thiophene rings is 1. The number of carbonyl (C=O) groups excluding carboxylic acids is 1. The van der Waals surface area contributed by atoms with Crippen LogP contribution in [0.4, 0.5) is 0 Å². The lowest BCUT2D eigenvalue weighted by Gasteiger charge is -2.36. The molecule has 0 spiro atoms. The van der Waals surface area contributed by atoms with E-state index >= 15 is 0 Å². The molecule has 0 saturated carbocycles. The summed E-state index contributed by atoms with van der Waals surface area (Å²) in [6.07, 6.45) is 0.442. The Balaban J connectivity index is 2.10. The van der Waals surface area contributed by atoms with Gasteiger partial charge in [0.15, 0.2) is 11.5 Å². The van der Waals surface area contributed by atoms with Crippen molar-refractivity contribution in [2.45, 2.75) is 36.9 Å². The topological polar surface area (TPSA) is 82.1 Å². The molecule has 9 heteroatoms. The maximum atomic E-state index is 13.2. The van der Waals surface area contributed by atoms with Gasteiger partial charge in [0.05, 0.1) is 32.8 Å². The number of benzene rings is 1. The lowest BCUT2D eigenvalue weighted by atomic mass is 9.91. The van der Waals surface area contributed by atoms with Crippen LogP contribution in [0.15, 0.2) is 33.9 Å². The van der Waals surface area contributed by atoms with E-state index in [1.165, 1.54) is 11.4 Å². The number of hydrogen-bond acceptors (Lipinski definition) is 7. The van der Waals surface area contributed by atoms with Crippen LogP contribution in [-0.2, 0) is 26.0 Å². The first-order chi connectivity index (χ1) is 13.9. The third kappa shape index (κ3) is 4.41. The maximum Gasteiger partial charge on any atom is 0.307 e. The number of sulfonamides is 1. The molecule has 0 bridgehead atoms. The van der Waals surface area contributed by atoms with Gasteiger partial charge in [0.2, 0.25) is 0 Å². The molecular formula is C20H25NO6S2. The Kier molecular flexibility index (Phi) is 6.81. The van der Waals surface area contributed by atoms with Crippen LogP contribution in [0, 0.1) is 0 Å². The van der Waals surface area contributed by atoms with Crippen LogP contribution in [0.5, 0.6) is 11.5 Å². The van der Waals surface area contributed by atoms with Crippen LogP contribution in [-0.4, -0.2) is 45.6 Å². The summed E-state index contributed by atoms with van der Waals surface area (Å²) in [6.45, 7) is 4.97. The SMILES string of the molecule is CCOc1cc2c(cc1OCC)[C@@H](CC(=O)OC)N(S(=O)(=O)c1cccs1)CC2. The van der Waals surface area contributed by atoms with E-state index in [0.29, 0.717) is 31.1 Å². The van der Waals surface area contributed by atoms with Crippen LogP contribution in [0.3, 0.4) is 0 Å². The van der Waals surface area contributed by atoms with Gasteiger partial charge in [-0.05, 0) is 55.0 Å². The summed E-state index contributed by atoms with van der Waals surface area (Å²) in [5.41, 5.74) is 1.69. The van der Waals surface area contributed by atoms with Crippen molar-refractivity contribution >= 4 is 27.3 Å². The van der Waals surface area contributed by atoms with Gasteiger partial charge in [0.1, 0.15) is 4.21 Å². The third-order valence-electron chi connectivity index (χ3n) is 4.76. The Morgan fingerprint density at radius 2 is 1.90 bits per heavy atom. The molecule has 1 aliphatic rings. The molecule has 1 aromatic heterocycles. The largest absolute Gasteiger partial charge is 0.490 e. The van der Waals surface area contributed by atoms with E-state index in [0.717, 1.165) is 22.5 Å². The van der Waals surface area contributed by atoms with Crippen molar-refractivity contribution in [1.82, 2.24) is 4.31 Å². The van der Waals surface area contributed by atoms with E-state index in [4.69, 9.17) is 14.2 Å². The van der Waals surface area contributed by atoms with E-state index in [2.05, 4.69) is 0 Å². The van der Waals surface area contributed by atoms with Gasteiger partial charge < -0.3 is 14.2 Å². The number of rotatable bonds is 8. The molecule has 1 aliphatic heterocycles. The summed E-state index contributed by atoms with van der Waals surface area (Å²) in [5.74, 6) is 0.693. The van der Waals surface area contributed by atoms with Gasteiger partial charge in [-0.2, -0.15) is 4.31 Å². The minimum absolute atomic E-state index is 0.0757. The molecule has 0 amide bonds. The molecular weight excluding hydrogens is 414 g/mol. The first-order valence-corrected chi connectivity index (χ1v) is 11.8. The Labute approximate surface area is 175 Å². The third-order valence-corrected chi connectivity index (χ3v) is 8.04. The number of fused-ring (bicyclic) bond motifs is 1. The molecule has 0 fully saturated rings. The van der Waals surface area contributed by atoms with Crippen LogP contribution in [0.2, 0.25) is 0 Å². The van der Waals surface area contributed by atoms with E-state index in [1.807, 2.05) is 19.9 Å². The summed E-state index contributed by atoms with van der Waals surface area (Å²) >= 11 is 1.16. The highest BCUT2D eigenvalue weighted by molar-refractivity contribution is 7.91. The number of ether oxygens (including phenoxy) is 3. The number of methoxy groups -OCH3 is 1. The zero-order chi connectivity index (χ0) is 21.0. The summed E-state index contributed by atoms with van der Waals surface area (Å²) in [4.78, 5) is 12.1. The fourth-order valence-corrected chi connectivity index (χ4v) is 6.21. The second-order valence-electron chi connectivity index (χ2n) is 6.46. The predicted octanol–water partition coefficient (Wildman–Crippen LogP) is 3.40. The standard InChI is InChI=1S/C20H25NO6S2/c1-4-26-17-11-14-8-9-21(29(23,24)20-7-6-10-28-20)16(13-19(22)25-3)15(14)12-18(17)27-5-2/h6-7,10-12,16H,4-5,8-9,13H2,1-3H3/t16-/m1/s1. The van der Waals surface area contributed by atoms with E-state index in [-0.39, 0.29) is 17.2 Å². The molecule has 2 aromatic rings. The van der Waals surface area contributed by atoms with E-state index in [9.17, 15) is 13.2 Å². The Hall–Kier alpha value is -2.10. The molecule has 1 atom stereocenters. The lowest BCUT2D eigenvalue weighted by Crippen LogP contribution is -2.40.